The van der Waals surface area contributed by atoms with E-state index >= 15 is 0 Å². The molecular formula is C27H32N2O5. The highest BCUT2D eigenvalue weighted by Gasteiger charge is 2.60. The Labute approximate surface area is 200 Å². The zero-order chi connectivity index (χ0) is 23.7. The summed E-state index contributed by atoms with van der Waals surface area (Å²) in [4.78, 5) is 34.6. The van der Waals surface area contributed by atoms with Crippen molar-refractivity contribution in [3.63, 3.8) is 0 Å². The van der Waals surface area contributed by atoms with Gasteiger partial charge in [-0.05, 0) is 55.0 Å². The summed E-state index contributed by atoms with van der Waals surface area (Å²) in [6.07, 6.45) is 5.48. The van der Waals surface area contributed by atoms with Crippen LogP contribution >= 0.6 is 0 Å². The molecule has 180 valence electrons. The molecule has 2 saturated heterocycles. The Kier molecular flexibility index (Phi) is 6.46. The molecule has 3 atom stereocenters. The number of benzene rings is 2. The zero-order valence-electron chi connectivity index (χ0n) is 19.8. The summed E-state index contributed by atoms with van der Waals surface area (Å²) in [6, 6.07) is 15.4. The van der Waals surface area contributed by atoms with Gasteiger partial charge in [-0.3, -0.25) is 19.3 Å². The van der Waals surface area contributed by atoms with Gasteiger partial charge in [0.05, 0.1) is 31.9 Å². The second-order valence-electron chi connectivity index (χ2n) is 9.37. The van der Waals surface area contributed by atoms with Crippen molar-refractivity contribution in [3.8, 4) is 11.5 Å². The maximum absolute atomic E-state index is 13.6. The summed E-state index contributed by atoms with van der Waals surface area (Å²) in [7, 11) is 3.19. The lowest BCUT2D eigenvalue weighted by atomic mass is 9.77. The number of likely N-dealkylation sites (tertiary alicyclic amines) is 1. The lowest BCUT2D eigenvalue weighted by Gasteiger charge is -2.35. The Bertz CT molecular complexity index is 1040. The highest BCUT2D eigenvalue weighted by Crippen LogP contribution is 2.45. The van der Waals surface area contributed by atoms with Crippen molar-refractivity contribution in [2.24, 2.45) is 11.8 Å². The number of carbonyl (C=O) groups is 2. The molecule has 2 aromatic carbocycles. The van der Waals surface area contributed by atoms with Crippen LogP contribution in [-0.4, -0.2) is 49.6 Å². The summed E-state index contributed by atoms with van der Waals surface area (Å²) in [5.74, 6) is 0.834. The topological polar surface area (TPSA) is 68.3 Å². The Morgan fingerprint density at radius 1 is 0.912 bits per heavy atom. The Balaban J connectivity index is 1.36. The number of rotatable bonds is 7. The maximum Gasteiger partial charge on any atom is 0.261 e. The molecule has 2 aliphatic heterocycles. The molecule has 1 saturated carbocycles. The number of amides is 2. The van der Waals surface area contributed by atoms with Gasteiger partial charge in [-0.25, -0.2) is 5.06 Å². The van der Waals surface area contributed by atoms with Crippen molar-refractivity contribution in [1.82, 2.24) is 4.90 Å². The van der Waals surface area contributed by atoms with E-state index in [9.17, 15) is 9.59 Å². The summed E-state index contributed by atoms with van der Waals surface area (Å²) in [5.41, 5.74) is 1.89. The normalized spacial score (nSPS) is 25.1. The molecule has 0 aromatic heterocycles. The molecule has 2 heterocycles. The van der Waals surface area contributed by atoms with Crippen LogP contribution in [0.15, 0.2) is 48.5 Å². The van der Waals surface area contributed by atoms with Crippen LogP contribution in [0.25, 0.3) is 0 Å². The molecule has 1 aliphatic carbocycles. The Hall–Kier alpha value is -3.06. The minimum atomic E-state index is -0.745. The molecule has 0 unspecified atom stereocenters. The number of nitrogens with zero attached hydrogens (tertiary/aromatic N) is 2. The molecule has 0 bridgehead atoms. The second-order valence-corrected chi connectivity index (χ2v) is 9.37. The van der Waals surface area contributed by atoms with Crippen LogP contribution in [0.2, 0.25) is 0 Å². The highest BCUT2D eigenvalue weighted by atomic mass is 16.7. The van der Waals surface area contributed by atoms with Gasteiger partial charge in [0, 0.05) is 6.54 Å². The van der Waals surface area contributed by atoms with Gasteiger partial charge >= 0.3 is 0 Å². The van der Waals surface area contributed by atoms with E-state index in [0.717, 1.165) is 36.9 Å². The number of para-hydroxylation sites is 1. The minimum Gasteiger partial charge on any atom is -0.493 e. The molecule has 34 heavy (non-hydrogen) atoms. The van der Waals surface area contributed by atoms with Crippen molar-refractivity contribution in [1.29, 1.82) is 0 Å². The quantitative estimate of drug-likeness (QED) is 0.577. The molecule has 3 aliphatic rings. The fourth-order valence-corrected chi connectivity index (χ4v) is 5.77. The van der Waals surface area contributed by atoms with Gasteiger partial charge in [0.2, 0.25) is 5.91 Å². The van der Waals surface area contributed by atoms with Crippen LogP contribution in [0.5, 0.6) is 11.5 Å². The number of anilines is 1. The van der Waals surface area contributed by atoms with Crippen molar-refractivity contribution in [2.75, 3.05) is 25.8 Å². The standard InChI is InChI=1S/C27H32N2O5/c1-32-21-14-13-18(17-22(21)33-2)15-16-28-26(30)23-24(19-9-5-3-6-10-19)29(34-25(23)27(28)31)20-11-7-4-8-12-20/h4,7-8,11-14,17,19,23-25H,3,5-6,9-10,15-16H2,1-2H3/t23-,24+,25-/m0/s1. The summed E-state index contributed by atoms with van der Waals surface area (Å²) >= 11 is 0. The van der Waals surface area contributed by atoms with Crippen LogP contribution in [0.3, 0.4) is 0 Å². The molecule has 0 spiro atoms. The largest absolute Gasteiger partial charge is 0.493 e. The van der Waals surface area contributed by atoms with E-state index in [2.05, 4.69) is 0 Å². The first-order valence-electron chi connectivity index (χ1n) is 12.2. The summed E-state index contributed by atoms with van der Waals surface area (Å²) < 4.78 is 10.7. The lowest BCUT2D eigenvalue weighted by Crippen LogP contribution is -2.45. The number of hydroxylamine groups is 1. The minimum absolute atomic E-state index is 0.107. The molecule has 3 fully saturated rings. The molecule has 7 nitrogen and oxygen atoms in total. The van der Waals surface area contributed by atoms with E-state index in [1.54, 1.807) is 14.2 Å². The van der Waals surface area contributed by atoms with Crippen LogP contribution < -0.4 is 14.5 Å². The number of ether oxygens (including phenoxy) is 2. The Morgan fingerprint density at radius 3 is 2.35 bits per heavy atom. The number of imide groups is 1. The number of methoxy groups -OCH3 is 2. The van der Waals surface area contributed by atoms with Gasteiger partial charge < -0.3 is 9.47 Å². The van der Waals surface area contributed by atoms with E-state index in [1.807, 2.05) is 53.6 Å². The fourth-order valence-electron chi connectivity index (χ4n) is 5.77. The monoisotopic (exact) mass is 464 g/mol. The molecule has 5 rings (SSSR count). The third-order valence-electron chi connectivity index (χ3n) is 7.47. The fraction of sp³-hybridized carbons (Fsp3) is 0.481. The van der Waals surface area contributed by atoms with Crippen molar-refractivity contribution < 1.29 is 23.9 Å². The molecule has 0 radical (unpaired) electrons. The van der Waals surface area contributed by atoms with Crippen LogP contribution in [0, 0.1) is 11.8 Å². The van der Waals surface area contributed by atoms with Crippen LogP contribution in [-0.2, 0) is 20.8 Å². The summed E-state index contributed by atoms with van der Waals surface area (Å²) in [6.45, 7) is 0.326. The van der Waals surface area contributed by atoms with E-state index in [4.69, 9.17) is 14.3 Å². The van der Waals surface area contributed by atoms with Crippen molar-refractivity contribution >= 4 is 17.5 Å². The van der Waals surface area contributed by atoms with Gasteiger partial charge in [-0.1, -0.05) is 43.5 Å². The number of fused-ring (bicyclic) bond motifs is 1. The third kappa shape index (κ3) is 4.02. The first kappa shape index (κ1) is 22.7. The van der Waals surface area contributed by atoms with E-state index < -0.39 is 12.0 Å². The van der Waals surface area contributed by atoms with Gasteiger partial charge in [0.25, 0.3) is 5.91 Å². The predicted octanol–water partition coefficient (Wildman–Crippen LogP) is 4.00. The highest BCUT2D eigenvalue weighted by molar-refractivity contribution is 6.07. The smallest absolute Gasteiger partial charge is 0.261 e. The summed E-state index contributed by atoms with van der Waals surface area (Å²) in [5, 5.41) is 1.87. The number of hydrogen-bond donors (Lipinski definition) is 0. The van der Waals surface area contributed by atoms with Gasteiger partial charge in [0.15, 0.2) is 17.6 Å². The van der Waals surface area contributed by atoms with E-state index in [0.29, 0.717) is 30.4 Å². The first-order chi connectivity index (χ1) is 16.6. The number of hydrogen-bond acceptors (Lipinski definition) is 6. The third-order valence-corrected chi connectivity index (χ3v) is 7.47. The van der Waals surface area contributed by atoms with Crippen molar-refractivity contribution in [2.45, 2.75) is 50.7 Å². The second kappa shape index (κ2) is 9.66. The molecule has 7 heteroatoms. The lowest BCUT2D eigenvalue weighted by molar-refractivity contribution is -0.143. The molecule has 0 N–H and O–H groups in total. The van der Waals surface area contributed by atoms with E-state index in [-0.39, 0.29) is 17.9 Å². The SMILES string of the molecule is COc1ccc(CCN2C(=O)[C@@H]3[C@H](ON(c4ccccc4)[C@@H]3C3CCCCC3)C2=O)cc1OC. The average Bonchev–Trinajstić information content (AvgIpc) is 3.39. The van der Waals surface area contributed by atoms with Gasteiger partial charge in [-0.2, -0.15) is 0 Å². The average molecular weight is 465 g/mol. The van der Waals surface area contributed by atoms with Gasteiger partial charge in [0.1, 0.15) is 0 Å². The zero-order valence-corrected chi connectivity index (χ0v) is 19.8. The van der Waals surface area contributed by atoms with Crippen LogP contribution in [0.1, 0.15) is 37.7 Å². The first-order valence-corrected chi connectivity index (χ1v) is 12.2. The number of carbonyl (C=O) groups excluding carboxylic acids is 2. The molecule has 2 amide bonds. The predicted molar refractivity (Wildman–Crippen MR) is 128 cm³/mol. The van der Waals surface area contributed by atoms with Gasteiger partial charge in [-0.15, -0.1) is 0 Å². The van der Waals surface area contributed by atoms with Crippen LogP contribution in [0.4, 0.5) is 5.69 Å². The van der Waals surface area contributed by atoms with Crippen molar-refractivity contribution in [3.05, 3.63) is 54.1 Å². The maximum atomic E-state index is 13.6. The Morgan fingerprint density at radius 2 is 1.65 bits per heavy atom. The molecule has 2 aromatic rings. The molecular weight excluding hydrogens is 432 g/mol. The van der Waals surface area contributed by atoms with E-state index in [1.165, 1.54) is 11.3 Å².